The van der Waals surface area contributed by atoms with Gasteiger partial charge in [0.1, 0.15) is 11.6 Å². The van der Waals surface area contributed by atoms with Crippen LogP contribution < -0.4 is 4.74 Å². The van der Waals surface area contributed by atoms with Crippen molar-refractivity contribution in [2.24, 2.45) is 0 Å². The van der Waals surface area contributed by atoms with Gasteiger partial charge >= 0.3 is 5.97 Å². The van der Waals surface area contributed by atoms with E-state index < -0.39 is 0 Å². The largest absolute Gasteiger partial charge is 0.474 e. The molecule has 0 bridgehead atoms. The summed E-state index contributed by atoms with van der Waals surface area (Å²) in [5.74, 6) is 0.0531. The molecule has 1 heterocycles. The summed E-state index contributed by atoms with van der Waals surface area (Å²) in [6, 6.07) is 11.2. The van der Waals surface area contributed by atoms with Crippen molar-refractivity contribution < 1.29 is 14.3 Å². The number of benzene rings is 1. The highest BCUT2D eigenvalue weighted by Crippen LogP contribution is 2.23. The first-order valence-corrected chi connectivity index (χ1v) is 7.43. The molecule has 0 aliphatic heterocycles. The topological polar surface area (TPSA) is 48.4 Å². The van der Waals surface area contributed by atoms with E-state index >= 15 is 0 Å². The Balaban J connectivity index is 1.90. The van der Waals surface area contributed by atoms with E-state index in [-0.39, 0.29) is 25.1 Å². The molecule has 2 aromatic rings. The lowest BCUT2D eigenvalue weighted by molar-refractivity contribution is -0.144. The Morgan fingerprint density at radius 1 is 1.23 bits per heavy atom. The molecular weight excluding hydrogens is 302 g/mol. The third-order valence-corrected chi connectivity index (χ3v) is 3.07. The summed E-state index contributed by atoms with van der Waals surface area (Å²) in [4.78, 5) is 16.0. The molecule has 2 rings (SSSR count). The van der Waals surface area contributed by atoms with Crippen molar-refractivity contribution in [1.82, 2.24) is 4.98 Å². The smallest absolute Gasteiger partial charge is 0.310 e. The standard InChI is InChI=1S/C17H18ClNO3/c1-12(2)22-17-15(18)8-14(10-19-17)9-16(20)21-11-13-6-4-3-5-7-13/h3-8,10,12H,9,11H2,1-2H3. The summed E-state index contributed by atoms with van der Waals surface area (Å²) in [6.07, 6.45) is 1.70. The minimum atomic E-state index is -0.320. The molecule has 0 atom stereocenters. The van der Waals surface area contributed by atoms with Crippen molar-refractivity contribution >= 4 is 17.6 Å². The zero-order chi connectivity index (χ0) is 15.9. The lowest BCUT2D eigenvalue weighted by Gasteiger charge is -2.11. The molecule has 0 radical (unpaired) electrons. The van der Waals surface area contributed by atoms with Crippen molar-refractivity contribution in [3.63, 3.8) is 0 Å². The molecule has 0 N–H and O–H groups in total. The van der Waals surface area contributed by atoms with E-state index in [4.69, 9.17) is 21.1 Å². The van der Waals surface area contributed by atoms with Crippen LogP contribution in [0.4, 0.5) is 0 Å². The van der Waals surface area contributed by atoms with Crippen LogP contribution in [-0.2, 0) is 22.6 Å². The van der Waals surface area contributed by atoms with Gasteiger partial charge in [-0.15, -0.1) is 0 Å². The van der Waals surface area contributed by atoms with Crippen molar-refractivity contribution in [1.29, 1.82) is 0 Å². The lowest BCUT2D eigenvalue weighted by Crippen LogP contribution is -2.10. The maximum Gasteiger partial charge on any atom is 0.310 e. The molecule has 116 valence electrons. The third kappa shape index (κ3) is 5.04. The number of nitrogens with zero attached hydrogens (tertiary/aromatic N) is 1. The zero-order valence-corrected chi connectivity index (χ0v) is 13.3. The molecule has 0 saturated heterocycles. The number of carbonyl (C=O) groups is 1. The van der Waals surface area contributed by atoms with Crippen LogP contribution >= 0.6 is 11.6 Å². The van der Waals surface area contributed by atoms with Gasteiger partial charge in [0.2, 0.25) is 5.88 Å². The van der Waals surface area contributed by atoms with Crippen LogP contribution in [0.25, 0.3) is 0 Å². The number of hydrogen-bond donors (Lipinski definition) is 0. The third-order valence-electron chi connectivity index (χ3n) is 2.80. The molecular formula is C17H18ClNO3. The van der Waals surface area contributed by atoms with Gasteiger partial charge in [0.25, 0.3) is 0 Å². The molecule has 1 aromatic carbocycles. The van der Waals surface area contributed by atoms with E-state index in [1.54, 1.807) is 12.3 Å². The molecule has 0 spiro atoms. The van der Waals surface area contributed by atoms with Crippen molar-refractivity contribution in [2.45, 2.75) is 33.0 Å². The van der Waals surface area contributed by atoms with Gasteiger partial charge in [-0.3, -0.25) is 4.79 Å². The number of carbonyl (C=O) groups excluding carboxylic acids is 1. The fraction of sp³-hybridized carbons (Fsp3) is 0.294. The Morgan fingerprint density at radius 3 is 2.59 bits per heavy atom. The van der Waals surface area contributed by atoms with Crippen LogP contribution in [0.15, 0.2) is 42.6 Å². The molecule has 0 fully saturated rings. The van der Waals surface area contributed by atoms with Gasteiger partial charge in [-0.2, -0.15) is 0 Å². The minimum absolute atomic E-state index is 0.00770. The SMILES string of the molecule is CC(C)Oc1ncc(CC(=O)OCc2ccccc2)cc1Cl. The molecule has 4 nitrogen and oxygen atoms in total. The van der Waals surface area contributed by atoms with E-state index in [0.717, 1.165) is 5.56 Å². The normalized spacial score (nSPS) is 10.5. The average molecular weight is 320 g/mol. The lowest BCUT2D eigenvalue weighted by atomic mass is 10.2. The van der Waals surface area contributed by atoms with Crippen molar-refractivity contribution in [3.8, 4) is 5.88 Å². The van der Waals surface area contributed by atoms with Crippen LogP contribution in [0.2, 0.25) is 5.02 Å². The summed E-state index contributed by atoms with van der Waals surface area (Å²) in [5, 5.41) is 0.391. The monoisotopic (exact) mass is 319 g/mol. The second-order valence-corrected chi connectivity index (χ2v) is 5.53. The highest BCUT2D eigenvalue weighted by molar-refractivity contribution is 6.31. The van der Waals surface area contributed by atoms with E-state index in [0.29, 0.717) is 16.5 Å². The summed E-state index contributed by atoms with van der Waals surface area (Å²) in [5.41, 5.74) is 1.65. The number of aromatic nitrogens is 1. The Kier molecular flexibility index (Phi) is 5.78. The highest BCUT2D eigenvalue weighted by Gasteiger charge is 2.10. The number of hydrogen-bond acceptors (Lipinski definition) is 4. The van der Waals surface area contributed by atoms with Gasteiger partial charge in [-0.1, -0.05) is 41.9 Å². The molecule has 5 heteroatoms. The number of ether oxygens (including phenoxy) is 2. The van der Waals surface area contributed by atoms with Crippen LogP contribution in [0, 0.1) is 0 Å². The van der Waals surface area contributed by atoms with Crippen LogP contribution in [0.5, 0.6) is 5.88 Å². The van der Waals surface area contributed by atoms with Crippen LogP contribution in [0.1, 0.15) is 25.0 Å². The molecule has 22 heavy (non-hydrogen) atoms. The minimum Gasteiger partial charge on any atom is -0.474 e. The molecule has 0 amide bonds. The van der Waals surface area contributed by atoms with Gasteiger partial charge in [0.05, 0.1) is 12.5 Å². The predicted molar refractivity (Wildman–Crippen MR) is 85.0 cm³/mol. The van der Waals surface area contributed by atoms with E-state index in [2.05, 4.69) is 4.98 Å². The van der Waals surface area contributed by atoms with Crippen LogP contribution in [0.3, 0.4) is 0 Å². The summed E-state index contributed by atoms with van der Waals surface area (Å²) in [7, 11) is 0. The second-order valence-electron chi connectivity index (χ2n) is 5.12. The average Bonchev–Trinajstić information content (AvgIpc) is 2.49. The molecule has 0 saturated carbocycles. The predicted octanol–water partition coefficient (Wildman–Crippen LogP) is 3.81. The Labute approximate surface area is 135 Å². The quantitative estimate of drug-likeness (QED) is 0.760. The first kappa shape index (κ1) is 16.3. The zero-order valence-electron chi connectivity index (χ0n) is 12.6. The summed E-state index contributed by atoms with van der Waals surface area (Å²) < 4.78 is 10.7. The van der Waals surface area contributed by atoms with Gasteiger partial charge in [-0.05, 0) is 31.0 Å². The Hall–Kier alpha value is -2.07. The first-order chi connectivity index (χ1) is 10.5. The van der Waals surface area contributed by atoms with Crippen molar-refractivity contribution in [2.75, 3.05) is 0 Å². The molecule has 0 aliphatic rings. The van der Waals surface area contributed by atoms with Gasteiger partial charge in [0.15, 0.2) is 0 Å². The van der Waals surface area contributed by atoms with Gasteiger partial charge in [0, 0.05) is 6.20 Å². The summed E-state index contributed by atoms with van der Waals surface area (Å²) >= 11 is 6.09. The Bertz CT molecular complexity index is 629. The van der Waals surface area contributed by atoms with Gasteiger partial charge in [-0.25, -0.2) is 4.98 Å². The maximum absolute atomic E-state index is 11.8. The Morgan fingerprint density at radius 2 is 1.95 bits per heavy atom. The van der Waals surface area contributed by atoms with E-state index in [9.17, 15) is 4.79 Å². The summed E-state index contributed by atoms with van der Waals surface area (Å²) in [6.45, 7) is 4.05. The fourth-order valence-corrected chi connectivity index (χ4v) is 2.06. The molecule has 0 aliphatic carbocycles. The van der Waals surface area contributed by atoms with Crippen molar-refractivity contribution in [3.05, 3.63) is 58.7 Å². The van der Waals surface area contributed by atoms with E-state index in [1.165, 1.54) is 0 Å². The van der Waals surface area contributed by atoms with E-state index in [1.807, 2.05) is 44.2 Å². The molecule has 0 unspecified atom stereocenters. The van der Waals surface area contributed by atoms with Gasteiger partial charge < -0.3 is 9.47 Å². The second kappa shape index (κ2) is 7.80. The highest BCUT2D eigenvalue weighted by atomic mass is 35.5. The first-order valence-electron chi connectivity index (χ1n) is 7.05. The number of halogens is 1. The number of esters is 1. The fourth-order valence-electron chi connectivity index (χ4n) is 1.83. The molecule has 1 aromatic heterocycles. The van der Waals surface area contributed by atoms with Crippen LogP contribution in [-0.4, -0.2) is 17.1 Å². The number of pyridine rings is 1. The number of rotatable bonds is 6. The maximum atomic E-state index is 11.8.